The van der Waals surface area contributed by atoms with Gasteiger partial charge in [0.05, 0.1) is 29.8 Å². The monoisotopic (exact) mass is 454 g/mol. The number of imidazole rings is 1. The molecule has 1 saturated heterocycles. The molecule has 0 bridgehead atoms. The third-order valence-electron chi connectivity index (χ3n) is 6.09. The molecule has 4 rings (SSSR count). The van der Waals surface area contributed by atoms with Crippen molar-refractivity contribution in [1.82, 2.24) is 19.9 Å². The van der Waals surface area contributed by atoms with Crippen LogP contribution < -0.4 is 10.9 Å². The average Bonchev–Trinajstić information content (AvgIpc) is 3.13. The largest absolute Gasteiger partial charge is 0.480 e. The number of aliphatic hydroxyl groups excluding tert-OH is 1. The Hall–Kier alpha value is -3.01. The quantitative estimate of drug-likeness (QED) is 0.411. The summed E-state index contributed by atoms with van der Waals surface area (Å²) in [5, 5.41) is 21.9. The van der Waals surface area contributed by atoms with Gasteiger partial charge in [0.1, 0.15) is 11.9 Å². The fourth-order valence-corrected chi connectivity index (χ4v) is 4.26. The maximum Gasteiger partial charge on any atom is 0.323 e. The number of carbonyl (C=O) groups is 1. The van der Waals surface area contributed by atoms with E-state index in [1.54, 1.807) is 13.1 Å². The first-order valence-corrected chi connectivity index (χ1v) is 11.3. The Kier molecular flexibility index (Phi) is 6.92. The van der Waals surface area contributed by atoms with Crippen LogP contribution in [0.15, 0.2) is 35.3 Å². The first-order chi connectivity index (χ1) is 15.8. The summed E-state index contributed by atoms with van der Waals surface area (Å²) in [4.78, 5) is 30.9. The number of fused-ring (bicyclic) bond motifs is 1. The smallest absolute Gasteiger partial charge is 0.323 e. The van der Waals surface area contributed by atoms with Gasteiger partial charge in [-0.05, 0) is 56.9 Å². The third-order valence-corrected chi connectivity index (χ3v) is 6.09. The summed E-state index contributed by atoms with van der Waals surface area (Å²) in [7, 11) is 0. The van der Waals surface area contributed by atoms with Crippen molar-refractivity contribution in [3.8, 4) is 11.4 Å². The van der Waals surface area contributed by atoms with Crippen molar-refractivity contribution in [3.63, 3.8) is 0 Å². The Morgan fingerprint density at radius 1 is 1.36 bits per heavy atom. The predicted octanol–water partition coefficient (Wildman–Crippen LogP) is 2.19. The Morgan fingerprint density at radius 2 is 2.18 bits per heavy atom. The highest BCUT2D eigenvalue weighted by atomic mass is 16.5. The molecule has 3 atom stereocenters. The zero-order chi connectivity index (χ0) is 23.5. The fraction of sp³-hybridized carbons (Fsp3) is 0.458. The first-order valence-electron chi connectivity index (χ1n) is 11.3. The van der Waals surface area contributed by atoms with E-state index in [0.29, 0.717) is 12.1 Å². The number of hydrogen-bond donors (Lipinski definition) is 4. The number of pyridine rings is 1. The number of carboxylic acid groups (broad SMARTS) is 1. The number of aliphatic hydroxyl groups is 1. The molecule has 0 aliphatic carbocycles. The van der Waals surface area contributed by atoms with Crippen LogP contribution in [0.25, 0.3) is 22.4 Å². The van der Waals surface area contributed by atoms with Crippen molar-refractivity contribution in [2.45, 2.75) is 64.4 Å². The molecule has 4 N–H and O–H groups in total. The topological polar surface area (TPSA) is 129 Å². The Morgan fingerprint density at radius 3 is 2.85 bits per heavy atom. The molecule has 2 aromatic heterocycles. The molecule has 1 aromatic carbocycles. The zero-order valence-electron chi connectivity index (χ0n) is 18.9. The number of aryl methyl sites for hydroxylation is 1. The van der Waals surface area contributed by atoms with Crippen molar-refractivity contribution in [2.24, 2.45) is 0 Å². The highest BCUT2D eigenvalue weighted by Crippen LogP contribution is 2.27. The van der Waals surface area contributed by atoms with Crippen LogP contribution in [0.5, 0.6) is 0 Å². The summed E-state index contributed by atoms with van der Waals surface area (Å²) >= 11 is 0. The number of carboxylic acids is 1. The van der Waals surface area contributed by atoms with Crippen molar-refractivity contribution >= 4 is 17.0 Å². The first kappa shape index (κ1) is 23.2. The van der Waals surface area contributed by atoms with Crippen LogP contribution in [0, 0.1) is 6.92 Å². The van der Waals surface area contributed by atoms with E-state index in [0.717, 1.165) is 53.9 Å². The lowest BCUT2D eigenvalue weighted by Crippen LogP contribution is -2.44. The van der Waals surface area contributed by atoms with Crippen LogP contribution in [0.1, 0.15) is 37.3 Å². The van der Waals surface area contributed by atoms with Crippen LogP contribution in [0.2, 0.25) is 0 Å². The summed E-state index contributed by atoms with van der Waals surface area (Å²) in [6.07, 6.45) is 3.96. The normalized spacial score (nSPS) is 18.3. The number of rotatable bonds is 8. The number of nitrogens with one attached hydrogen (secondary N) is 2. The lowest BCUT2D eigenvalue weighted by atomic mass is 10.1. The van der Waals surface area contributed by atoms with E-state index in [-0.39, 0.29) is 18.2 Å². The van der Waals surface area contributed by atoms with Gasteiger partial charge in [-0.15, -0.1) is 0 Å². The van der Waals surface area contributed by atoms with E-state index in [1.165, 1.54) is 6.92 Å². The van der Waals surface area contributed by atoms with Gasteiger partial charge in [0.15, 0.2) is 0 Å². The minimum Gasteiger partial charge on any atom is -0.480 e. The number of aromatic nitrogens is 3. The van der Waals surface area contributed by atoms with Crippen LogP contribution in [0.4, 0.5) is 0 Å². The molecule has 9 heteroatoms. The highest BCUT2D eigenvalue weighted by molar-refractivity contribution is 5.81. The Labute approximate surface area is 191 Å². The number of aliphatic carboxylic acids is 1. The number of aromatic amines is 1. The van der Waals surface area contributed by atoms with Crippen molar-refractivity contribution in [1.29, 1.82) is 0 Å². The minimum absolute atomic E-state index is 0.0995. The molecule has 3 unspecified atom stereocenters. The summed E-state index contributed by atoms with van der Waals surface area (Å²) in [6.45, 7) is 4.91. The van der Waals surface area contributed by atoms with E-state index in [4.69, 9.17) is 9.72 Å². The predicted molar refractivity (Wildman–Crippen MR) is 124 cm³/mol. The maximum atomic E-state index is 11.9. The molecule has 3 heterocycles. The Balaban J connectivity index is 1.70. The molecule has 3 aromatic rings. The zero-order valence-corrected chi connectivity index (χ0v) is 18.9. The molecule has 0 saturated carbocycles. The van der Waals surface area contributed by atoms with E-state index in [1.807, 2.05) is 24.3 Å². The average molecular weight is 455 g/mol. The van der Waals surface area contributed by atoms with Crippen molar-refractivity contribution in [2.75, 3.05) is 6.61 Å². The van der Waals surface area contributed by atoms with Gasteiger partial charge < -0.3 is 24.5 Å². The second kappa shape index (κ2) is 9.86. The van der Waals surface area contributed by atoms with E-state index >= 15 is 0 Å². The van der Waals surface area contributed by atoms with Gasteiger partial charge >= 0.3 is 5.97 Å². The summed E-state index contributed by atoms with van der Waals surface area (Å²) in [5.41, 5.74) is 3.88. The van der Waals surface area contributed by atoms with Gasteiger partial charge in [0, 0.05) is 30.5 Å². The van der Waals surface area contributed by atoms with Crippen LogP contribution in [-0.2, 0) is 22.6 Å². The lowest BCUT2D eigenvalue weighted by Gasteiger charge is -2.24. The molecule has 1 aliphatic heterocycles. The molecule has 176 valence electrons. The molecule has 9 nitrogen and oxygen atoms in total. The molecular formula is C24H30N4O5. The van der Waals surface area contributed by atoms with Crippen molar-refractivity contribution < 1.29 is 19.7 Å². The molecule has 0 radical (unpaired) electrons. The molecule has 0 amide bonds. The SMILES string of the molecule is Cc1cc(-c2nc3cc(CNC(C(=O)O)C(C)O)ccc3n2CC2CCCCO2)c[nH]c1=O. The number of nitrogens with zero attached hydrogens (tertiary/aromatic N) is 2. The number of H-pyrrole nitrogens is 1. The van der Waals surface area contributed by atoms with Gasteiger partial charge in [0.25, 0.3) is 5.56 Å². The molecule has 1 fully saturated rings. The van der Waals surface area contributed by atoms with Crippen LogP contribution >= 0.6 is 0 Å². The van der Waals surface area contributed by atoms with E-state index < -0.39 is 18.1 Å². The van der Waals surface area contributed by atoms with E-state index in [2.05, 4.69) is 14.9 Å². The Bertz CT molecular complexity index is 1190. The van der Waals surface area contributed by atoms with Gasteiger partial charge in [-0.2, -0.15) is 0 Å². The lowest BCUT2D eigenvalue weighted by molar-refractivity contribution is -0.142. The third kappa shape index (κ3) is 5.16. The minimum atomic E-state index is -1.10. The van der Waals surface area contributed by atoms with E-state index in [9.17, 15) is 19.8 Å². The molecule has 33 heavy (non-hydrogen) atoms. The maximum absolute atomic E-state index is 11.9. The van der Waals surface area contributed by atoms with Gasteiger partial charge in [0.2, 0.25) is 0 Å². The summed E-state index contributed by atoms with van der Waals surface area (Å²) < 4.78 is 8.10. The summed E-state index contributed by atoms with van der Waals surface area (Å²) in [5.74, 6) is -0.352. The van der Waals surface area contributed by atoms with Gasteiger partial charge in [-0.25, -0.2) is 4.98 Å². The fourth-order valence-electron chi connectivity index (χ4n) is 4.26. The van der Waals surface area contributed by atoms with Crippen molar-refractivity contribution in [3.05, 3.63) is 51.9 Å². The molecular weight excluding hydrogens is 424 g/mol. The standard InChI is InChI=1S/C24H30N4O5/c1-14-9-17(12-26-23(14)30)22-27-19-10-16(11-25-21(15(2)29)24(31)32)6-7-20(19)28(22)13-18-5-3-4-8-33-18/h6-7,9-10,12,15,18,21,25,29H,3-5,8,11,13H2,1-2H3,(H,26,30)(H,31,32). The van der Waals surface area contributed by atoms with Crippen LogP contribution in [-0.4, -0.2) is 55.6 Å². The van der Waals surface area contributed by atoms with Gasteiger partial charge in [-0.3, -0.25) is 14.9 Å². The summed E-state index contributed by atoms with van der Waals surface area (Å²) in [6, 6.07) is 6.60. The van der Waals surface area contributed by atoms with Crippen LogP contribution in [0.3, 0.4) is 0 Å². The highest BCUT2D eigenvalue weighted by Gasteiger charge is 2.23. The second-order valence-corrected chi connectivity index (χ2v) is 8.70. The molecule has 1 aliphatic rings. The number of hydrogen-bond acceptors (Lipinski definition) is 6. The number of benzene rings is 1. The second-order valence-electron chi connectivity index (χ2n) is 8.70. The number of ether oxygens (including phenoxy) is 1. The van der Waals surface area contributed by atoms with Gasteiger partial charge in [-0.1, -0.05) is 6.07 Å². The molecule has 0 spiro atoms.